The molecule has 1 aromatic rings. The lowest BCUT2D eigenvalue weighted by atomic mass is 9.81. The van der Waals surface area contributed by atoms with Gasteiger partial charge in [0, 0.05) is 23.6 Å². The lowest BCUT2D eigenvalue weighted by molar-refractivity contribution is 0.150. The average molecular weight is 258 g/mol. The van der Waals surface area contributed by atoms with Crippen molar-refractivity contribution in [2.45, 2.75) is 12.8 Å². The molecule has 17 heavy (non-hydrogen) atoms. The molecule has 1 aliphatic rings. The summed E-state index contributed by atoms with van der Waals surface area (Å²) in [7, 11) is 1.92. The van der Waals surface area contributed by atoms with Gasteiger partial charge in [0.05, 0.1) is 6.61 Å². The molecule has 1 N–H and O–H groups in total. The normalized spacial score (nSPS) is 24.2. The number of halogens is 2. The van der Waals surface area contributed by atoms with Gasteiger partial charge in [-0.3, -0.25) is 0 Å². The smallest absolute Gasteiger partial charge is 0.123 e. The van der Waals surface area contributed by atoms with Gasteiger partial charge in [0.1, 0.15) is 5.82 Å². The van der Waals surface area contributed by atoms with E-state index in [0.717, 1.165) is 31.6 Å². The zero-order valence-corrected chi connectivity index (χ0v) is 10.7. The Balaban J connectivity index is 2.19. The van der Waals surface area contributed by atoms with E-state index in [1.807, 2.05) is 7.05 Å². The summed E-state index contributed by atoms with van der Waals surface area (Å²) in [5.41, 5.74) is 0.916. The molecule has 0 aliphatic carbocycles. The van der Waals surface area contributed by atoms with Gasteiger partial charge in [-0.2, -0.15) is 0 Å². The largest absolute Gasteiger partial charge is 0.381 e. The van der Waals surface area contributed by atoms with E-state index in [4.69, 9.17) is 16.3 Å². The fourth-order valence-corrected chi connectivity index (χ4v) is 2.63. The molecule has 1 unspecified atom stereocenters. The molecule has 1 aliphatic heterocycles. The van der Waals surface area contributed by atoms with E-state index in [-0.39, 0.29) is 11.2 Å². The predicted octanol–water partition coefficient (Wildman–Crippen LogP) is 2.65. The summed E-state index contributed by atoms with van der Waals surface area (Å²) in [6.07, 6.45) is 1.74. The topological polar surface area (TPSA) is 21.3 Å². The van der Waals surface area contributed by atoms with E-state index >= 15 is 0 Å². The summed E-state index contributed by atoms with van der Waals surface area (Å²) in [6.45, 7) is 2.34. The van der Waals surface area contributed by atoms with Crippen LogP contribution < -0.4 is 5.32 Å². The minimum atomic E-state index is -0.233. The molecule has 1 heterocycles. The molecule has 4 heteroatoms. The van der Waals surface area contributed by atoms with Crippen LogP contribution in [0.15, 0.2) is 18.2 Å². The Morgan fingerprint density at radius 2 is 2.35 bits per heavy atom. The Morgan fingerprint density at radius 1 is 1.53 bits per heavy atom. The summed E-state index contributed by atoms with van der Waals surface area (Å²) in [5.74, 6) is -0.233. The molecule has 0 bridgehead atoms. The summed E-state index contributed by atoms with van der Waals surface area (Å²) in [5, 5.41) is 3.82. The lowest BCUT2D eigenvalue weighted by Gasteiger charge is -2.27. The van der Waals surface area contributed by atoms with Crippen molar-refractivity contribution in [3.05, 3.63) is 34.6 Å². The van der Waals surface area contributed by atoms with Crippen molar-refractivity contribution in [1.29, 1.82) is 0 Å². The predicted molar refractivity (Wildman–Crippen MR) is 66.9 cm³/mol. The summed E-state index contributed by atoms with van der Waals surface area (Å²) >= 11 is 6.11. The van der Waals surface area contributed by atoms with E-state index < -0.39 is 0 Å². The molecular formula is C13H17ClFNO. The van der Waals surface area contributed by atoms with Crippen molar-refractivity contribution in [3.8, 4) is 0 Å². The van der Waals surface area contributed by atoms with Crippen LogP contribution in [0.2, 0.25) is 5.02 Å². The van der Waals surface area contributed by atoms with E-state index in [2.05, 4.69) is 5.32 Å². The SMILES string of the molecule is CNCC1(Cc2cc(F)ccc2Cl)CCOC1. The number of nitrogens with one attached hydrogen (secondary N) is 1. The molecule has 94 valence electrons. The van der Waals surface area contributed by atoms with Crippen LogP contribution in [0.5, 0.6) is 0 Å². The van der Waals surface area contributed by atoms with Gasteiger partial charge < -0.3 is 10.1 Å². The molecule has 2 nitrogen and oxygen atoms in total. The van der Waals surface area contributed by atoms with E-state index in [1.165, 1.54) is 12.1 Å². The van der Waals surface area contributed by atoms with E-state index in [1.54, 1.807) is 6.07 Å². The quantitative estimate of drug-likeness (QED) is 0.895. The zero-order valence-electron chi connectivity index (χ0n) is 9.93. The highest BCUT2D eigenvalue weighted by Crippen LogP contribution is 2.34. The molecule has 1 fully saturated rings. The number of rotatable bonds is 4. The molecule has 0 aromatic heterocycles. The maximum absolute atomic E-state index is 13.2. The minimum Gasteiger partial charge on any atom is -0.381 e. The van der Waals surface area contributed by atoms with Crippen molar-refractivity contribution in [1.82, 2.24) is 5.32 Å². The molecule has 0 radical (unpaired) electrons. The number of benzene rings is 1. The second-order valence-corrected chi connectivity index (χ2v) is 5.15. The van der Waals surface area contributed by atoms with Crippen LogP contribution in [0.25, 0.3) is 0 Å². The molecule has 1 aromatic carbocycles. The number of ether oxygens (including phenoxy) is 1. The maximum Gasteiger partial charge on any atom is 0.123 e. The molecule has 2 rings (SSSR count). The Bertz CT molecular complexity index is 391. The first-order valence-electron chi connectivity index (χ1n) is 5.81. The van der Waals surface area contributed by atoms with Crippen LogP contribution in [-0.2, 0) is 11.2 Å². The van der Waals surface area contributed by atoms with Gasteiger partial charge in [-0.25, -0.2) is 4.39 Å². The molecule has 0 spiro atoms. The lowest BCUT2D eigenvalue weighted by Crippen LogP contribution is -2.35. The molecular weight excluding hydrogens is 241 g/mol. The van der Waals surface area contributed by atoms with Crippen molar-refractivity contribution in [2.24, 2.45) is 5.41 Å². The van der Waals surface area contributed by atoms with Crippen LogP contribution >= 0.6 is 11.6 Å². The fourth-order valence-electron chi connectivity index (χ4n) is 2.45. The highest BCUT2D eigenvalue weighted by molar-refractivity contribution is 6.31. The Hall–Kier alpha value is -0.640. The highest BCUT2D eigenvalue weighted by atomic mass is 35.5. The van der Waals surface area contributed by atoms with Crippen molar-refractivity contribution >= 4 is 11.6 Å². The monoisotopic (exact) mass is 257 g/mol. The van der Waals surface area contributed by atoms with Gasteiger partial charge in [0.2, 0.25) is 0 Å². The average Bonchev–Trinajstić information content (AvgIpc) is 2.73. The Morgan fingerprint density at radius 3 is 3.00 bits per heavy atom. The standard InChI is InChI=1S/C13H17ClFNO/c1-16-8-13(4-5-17-9-13)7-10-6-11(15)2-3-12(10)14/h2-3,6,16H,4-5,7-9H2,1H3. The molecule has 0 amide bonds. The van der Waals surface area contributed by atoms with Crippen LogP contribution in [0.4, 0.5) is 4.39 Å². The molecule has 0 saturated carbocycles. The summed E-state index contributed by atoms with van der Waals surface area (Å²) < 4.78 is 18.7. The summed E-state index contributed by atoms with van der Waals surface area (Å²) in [6, 6.07) is 4.54. The van der Waals surface area contributed by atoms with E-state index in [9.17, 15) is 4.39 Å². The first-order valence-corrected chi connectivity index (χ1v) is 6.19. The van der Waals surface area contributed by atoms with Gasteiger partial charge >= 0.3 is 0 Å². The zero-order chi connectivity index (χ0) is 12.3. The maximum atomic E-state index is 13.2. The molecule has 1 atom stereocenters. The Labute approximate surface area is 106 Å². The van der Waals surface area contributed by atoms with Crippen molar-refractivity contribution < 1.29 is 9.13 Å². The van der Waals surface area contributed by atoms with Gasteiger partial charge in [0.25, 0.3) is 0 Å². The van der Waals surface area contributed by atoms with Crippen LogP contribution in [0, 0.1) is 11.2 Å². The van der Waals surface area contributed by atoms with Crippen LogP contribution in [0.1, 0.15) is 12.0 Å². The first-order chi connectivity index (χ1) is 8.15. The van der Waals surface area contributed by atoms with E-state index in [0.29, 0.717) is 11.6 Å². The Kier molecular flexibility index (Phi) is 4.02. The highest BCUT2D eigenvalue weighted by Gasteiger charge is 2.35. The third-order valence-electron chi connectivity index (χ3n) is 3.31. The van der Waals surface area contributed by atoms with Crippen molar-refractivity contribution in [2.75, 3.05) is 26.8 Å². The summed E-state index contributed by atoms with van der Waals surface area (Å²) in [4.78, 5) is 0. The van der Waals surface area contributed by atoms with Crippen LogP contribution in [-0.4, -0.2) is 26.8 Å². The third-order valence-corrected chi connectivity index (χ3v) is 3.68. The second kappa shape index (κ2) is 5.34. The number of hydrogen-bond donors (Lipinski definition) is 1. The van der Waals surface area contributed by atoms with Crippen LogP contribution in [0.3, 0.4) is 0 Å². The van der Waals surface area contributed by atoms with Gasteiger partial charge in [0.15, 0.2) is 0 Å². The van der Waals surface area contributed by atoms with Gasteiger partial charge in [-0.1, -0.05) is 11.6 Å². The second-order valence-electron chi connectivity index (χ2n) is 4.75. The molecule has 1 saturated heterocycles. The first kappa shape index (κ1) is 12.8. The number of hydrogen-bond acceptors (Lipinski definition) is 2. The van der Waals surface area contributed by atoms with Gasteiger partial charge in [-0.15, -0.1) is 0 Å². The van der Waals surface area contributed by atoms with Crippen molar-refractivity contribution in [3.63, 3.8) is 0 Å². The van der Waals surface area contributed by atoms with Gasteiger partial charge in [-0.05, 0) is 43.7 Å². The third kappa shape index (κ3) is 2.97. The fraction of sp³-hybridized carbons (Fsp3) is 0.538. The minimum absolute atomic E-state index is 0.0478.